The summed E-state index contributed by atoms with van der Waals surface area (Å²) in [6, 6.07) is 10.00. The lowest BCUT2D eigenvalue weighted by molar-refractivity contribution is -0.139. The zero-order valence-electron chi connectivity index (χ0n) is 13.1. The van der Waals surface area contributed by atoms with Crippen LogP contribution in [0.25, 0.3) is 5.69 Å². The van der Waals surface area contributed by atoms with Crippen molar-refractivity contribution in [1.29, 1.82) is 0 Å². The molecule has 0 fully saturated rings. The lowest BCUT2D eigenvalue weighted by atomic mass is 10.1. The first-order valence-electron chi connectivity index (χ1n) is 7.21. The van der Waals surface area contributed by atoms with Gasteiger partial charge >= 0.3 is 5.97 Å². The average molecular weight is 286 g/mol. The molecule has 1 heterocycles. The van der Waals surface area contributed by atoms with E-state index in [1.807, 2.05) is 35.9 Å². The van der Waals surface area contributed by atoms with Crippen molar-refractivity contribution in [1.82, 2.24) is 9.78 Å². The van der Waals surface area contributed by atoms with Gasteiger partial charge in [-0.05, 0) is 43.0 Å². The van der Waals surface area contributed by atoms with Gasteiger partial charge in [-0.3, -0.25) is 4.79 Å². The number of benzene rings is 1. The van der Waals surface area contributed by atoms with Gasteiger partial charge < -0.3 is 4.74 Å². The van der Waals surface area contributed by atoms with Gasteiger partial charge in [0, 0.05) is 5.69 Å². The Labute approximate surface area is 125 Å². The molecule has 0 bridgehead atoms. The maximum atomic E-state index is 11.4. The lowest BCUT2D eigenvalue weighted by Crippen LogP contribution is -2.08. The Kier molecular flexibility index (Phi) is 4.78. The first-order chi connectivity index (χ1) is 9.99. The van der Waals surface area contributed by atoms with Gasteiger partial charge in [0.1, 0.15) is 0 Å². The minimum atomic E-state index is -0.230. The summed E-state index contributed by atoms with van der Waals surface area (Å²) in [5, 5.41) is 4.57. The number of esters is 1. The number of methoxy groups -OCH3 is 1. The van der Waals surface area contributed by atoms with Crippen LogP contribution in [0.4, 0.5) is 0 Å². The largest absolute Gasteiger partial charge is 0.469 e. The number of aryl methyl sites for hydroxylation is 1. The van der Waals surface area contributed by atoms with Gasteiger partial charge in [-0.2, -0.15) is 5.10 Å². The van der Waals surface area contributed by atoms with Gasteiger partial charge in [0.2, 0.25) is 0 Å². The van der Waals surface area contributed by atoms with Crippen LogP contribution in [0.3, 0.4) is 0 Å². The molecule has 0 saturated heterocycles. The van der Waals surface area contributed by atoms with E-state index in [9.17, 15) is 4.79 Å². The first-order valence-corrected chi connectivity index (χ1v) is 7.21. The van der Waals surface area contributed by atoms with Crippen molar-refractivity contribution >= 4 is 5.97 Å². The molecule has 1 aromatic carbocycles. The Balaban J connectivity index is 2.33. The Hall–Kier alpha value is -2.10. The predicted octanol–water partition coefficient (Wildman–Crippen LogP) is 3.09. The van der Waals surface area contributed by atoms with Crippen LogP contribution in [-0.4, -0.2) is 22.9 Å². The monoisotopic (exact) mass is 286 g/mol. The molecule has 0 atom stereocenters. The Morgan fingerprint density at radius 3 is 2.76 bits per heavy atom. The topological polar surface area (TPSA) is 44.1 Å². The smallest absolute Gasteiger partial charge is 0.309 e. The molecule has 0 radical (unpaired) electrons. The van der Waals surface area contributed by atoms with E-state index in [2.05, 4.69) is 25.0 Å². The summed E-state index contributed by atoms with van der Waals surface area (Å²) in [5.74, 6) is 0.337. The SMILES string of the molecule is COC(=O)Cc1cccc(-n2nc(C)cc2CC(C)C)c1. The third-order valence-corrected chi connectivity index (χ3v) is 3.25. The molecule has 4 nitrogen and oxygen atoms in total. The van der Waals surface area contributed by atoms with Crippen molar-refractivity contribution in [3.05, 3.63) is 47.3 Å². The fraction of sp³-hybridized carbons (Fsp3) is 0.412. The number of ether oxygens (including phenoxy) is 1. The maximum absolute atomic E-state index is 11.4. The second-order valence-corrected chi connectivity index (χ2v) is 5.71. The van der Waals surface area contributed by atoms with E-state index in [1.54, 1.807) is 0 Å². The molecule has 0 saturated carbocycles. The molecule has 1 aromatic heterocycles. The molecule has 0 spiro atoms. The third-order valence-electron chi connectivity index (χ3n) is 3.25. The predicted molar refractivity (Wildman–Crippen MR) is 82.6 cm³/mol. The summed E-state index contributed by atoms with van der Waals surface area (Å²) >= 11 is 0. The van der Waals surface area contributed by atoms with Crippen molar-refractivity contribution in [2.24, 2.45) is 5.92 Å². The molecule has 0 amide bonds. The van der Waals surface area contributed by atoms with Crippen LogP contribution in [0.2, 0.25) is 0 Å². The van der Waals surface area contributed by atoms with E-state index in [4.69, 9.17) is 4.74 Å². The van der Waals surface area contributed by atoms with E-state index < -0.39 is 0 Å². The zero-order valence-corrected chi connectivity index (χ0v) is 13.1. The van der Waals surface area contributed by atoms with Gasteiger partial charge in [0.25, 0.3) is 0 Å². The van der Waals surface area contributed by atoms with Crippen LogP contribution in [0.5, 0.6) is 0 Å². The van der Waals surface area contributed by atoms with Crippen LogP contribution >= 0.6 is 0 Å². The number of hydrogen-bond donors (Lipinski definition) is 0. The van der Waals surface area contributed by atoms with Crippen LogP contribution < -0.4 is 0 Å². The number of rotatable bonds is 5. The molecule has 0 unspecified atom stereocenters. The first kappa shape index (κ1) is 15.3. The molecule has 0 aliphatic heterocycles. The number of carbonyl (C=O) groups excluding carboxylic acids is 1. The van der Waals surface area contributed by atoms with Gasteiger partial charge in [0.15, 0.2) is 0 Å². The summed E-state index contributed by atoms with van der Waals surface area (Å²) in [6.45, 7) is 6.39. The fourth-order valence-corrected chi connectivity index (χ4v) is 2.38. The molecule has 0 aliphatic rings. The molecular weight excluding hydrogens is 264 g/mol. The number of nitrogens with zero attached hydrogens (tertiary/aromatic N) is 2. The number of hydrogen-bond acceptors (Lipinski definition) is 3. The standard InChI is InChI=1S/C17H22N2O2/c1-12(2)8-16-9-13(3)18-19(16)15-7-5-6-14(10-15)11-17(20)21-4/h5-7,9-10,12H,8,11H2,1-4H3. The molecule has 2 aromatic rings. The molecule has 4 heteroatoms. The molecule has 2 rings (SSSR count). The number of carbonyl (C=O) groups is 1. The highest BCUT2D eigenvalue weighted by atomic mass is 16.5. The van der Waals surface area contributed by atoms with Crippen LogP contribution in [0.1, 0.15) is 30.8 Å². The Morgan fingerprint density at radius 1 is 1.33 bits per heavy atom. The lowest BCUT2D eigenvalue weighted by Gasteiger charge is -2.10. The summed E-state index contributed by atoms with van der Waals surface area (Å²) in [5.41, 5.74) is 4.12. The summed E-state index contributed by atoms with van der Waals surface area (Å²) < 4.78 is 6.69. The Morgan fingerprint density at radius 2 is 2.10 bits per heavy atom. The molecule has 21 heavy (non-hydrogen) atoms. The van der Waals surface area contributed by atoms with Gasteiger partial charge in [0.05, 0.1) is 24.9 Å². The van der Waals surface area contributed by atoms with Crippen molar-refractivity contribution in [2.45, 2.75) is 33.6 Å². The molecule has 0 N–H and O–H groups in total. The van der Waals surface area contributed by atoms with Crippen LogP contribution in [-0.2, 0) is 22.4 Å². The van der Waals surface area contributed by atoms with Crippen molar-refractivity contribution in [2.75, 3.05) is 7.11 Å². The molecule has 112 valence electrons. The Bertz CT molecular complexity index is 629. The van der Waals surface area contributed by atoms with Gasteiger partial charge in [-0.1, -0.05) is 26.0 Å². The van der Waals surface area contributed by atoms with E-state index >= 15 is 0 Å². The van der Waals surface area contributed by atoms with Gasteiger partial charge in [-0.25, -0.2) is 4.68 Å². The van der Waals surface area contributed by atoms with Crippen molar-refractivity contribution in [3.63, 3.8) is 0 Å². The quantitative estimate of drug-likeness (QED) is 0.793. The zero-order chi connectivity index (χ0) is 15.4. The minimum Gasteiger partial charge on any atom is -0.469 e. The van der Waals surface area contributed by atoms with Gasteiger partial charge in [-0.15, -0.1) is 0 Å². The second kappa shape index (κ2) is 6.57. The average Bonchev–Trinajstić information content (AvgIpc) is 2.79. The van der Waals surface area contributed by atoms with E-state index in [1.165, 1.54) is 12.8 Å². The fourth-order valence-electron chi connectivity index (χ4n) is 2.38. The van der Waals surface area contributed by atoms with E-state index in [0.717, 1.165) is 23.4 Å². The second-order valence-electron chi connectivity index (χ2n) is 5.71. The summed E-state index contributed by atoms with van der Waals surface area (Å²) in [7, 11) is 1.41. The highest BCUT2D eigenvalue weighted by molar-refractivity contribution is 5.72. The minimum absolute atomic E-state index is 0.230. The van der Waals surface area contributed by atoms with Crippen molar-refractivity contribution in [3.8, 4) is 5.69 Å². The normalized spacial score (nSPS) is 10.9. The third kappa shape index (κ3) is 3.94. The maximum Gasteiger partial charge on any atom is 0.309 e. The molecular formula is C17H22N2O2. The number of aromatic nitrogens is 2. The van der Waals surface area contributed by atoms with Crippen LogP contribution in [0.15, 0.2) is 30.3 Å². The van der Waals surface area contributed by atoms with Crippen molar-refractivity contribution < 1.29 is 9.53 Å². The highest BCUT2D eigenvalue weighted by Crippen LogP contribution is 2.17. The summed E-state index contributed by atoms with van der Waals surface area (Å²) in [4.78, 5) is 11.4. The van der Waals surface area contributed by atoms with Crippen LogP contribution in [0, 0.1) is 12.8 Å². The summed E-state index contributed by atoms with van der Waals surface area (Å²) in [6.07, 6.45) is 1.26. The molecule has 0 aliphatic carbocycles. The highest BCUT2D eigenvalue weighted by Gasteiger charge is 2.10. The van der Waals surface area contributed by atoms with E-state index in [-0.39, 0.29) is 12.4 Å². The van der Waals surface area contributed by atoms with E-state index in [0.29, 0.717) is 5.92 Å².